The average Bonchev–Trinajstić information content (AvgIpc) is 2.94. The van der Waals surface area contributed by atoms with Crippen LogP contribution in [-0.4, -0.2) is 21.0 Å². The van der Waals surface area contributed by atoms with Crippen molar-refractivity contribution in [3.05, 3.63) is 52.6 Å². The minimum Gasteiger partial charge on any atom is -0.444 e. The van der Waals surface area contributed by atoms with Crippen LogP contribution in [0.1, 0.15) is 10.6 Å². The maximum Gasteiger partial charge on any atom is 0.288 e. The molecule has 25 heavy (non-hydrogen) atoms. The quantitative estimate of drug-likeness (QED) is 0.333. The molecule has 0 aliphatic rings. The highest BCUT2D eigenvalue weighted by Crippen LogP contribution is 2.29. The predicted octanol–water partition coefficient (Wildman–Crippen LogP) is 4.59. The monoisotopic (exact) mass is 487 g/mol. The van der Waals surface area contributed by atoms with E-state index in [0.29, 0.717) is 10.4 Å². The molecule has 0 aliphatic heterocycles. The first-order valence-corrected chi connectivity index (χ1v) is 8.94. The first-order chi connectivity index (χ1) is 11.6. The third-order valence-corrected chi connectivity index (χ3v) is 4.08. The van der Waals surface area contributed by atoms with Gasteiger partial charge in [0.05, 0.1) is 0 Å². The van der Waals surface area contributed by atoms with Gasteiger partial charge in [0.2, 0.25) is 3.79 Å². The molecule has 134 valence electrons. The summed E-state index contributed by atoms with van der Waals surface area (Å²) >= 11 is 25.8. The number of hydrogen-bond acceptors (Lipinski definition) is 3. The first kappa shape index (κ1) is 20.3. The van der Waals surface area contributed by atoms with E-state index in [9.17, 15) is 9.18 Å². The number of carbonyl (C=O) groups excluding carboxylic acids is 1. The van der Waals surface area contributed by atoms with Gasteiger partial charge in [-0.25, -0.2) is 4.39 Å². The van der Waals surface area contributed by atoms with Crippen molar-refractivity contribution in [3.63, 3.8) is 0 Å². The van der Waals surface area contributed by atoms with E-state index in [1.54, 1.807) is 6.07 Å². The molecule has 11 heteroatoms. The second-order valence-electron chi connectivity index (χ2n) is 4.66. The molecule has 3 N–H and O–H groups in total. The lowest BCUT2D eigenvalue weighted by atomic mass is 10.3. The summed E-state index contributed by atoms with van der Waals surface area (Å²) in [5.41, 5.74) is 0.517. The molecule has 0 saturated heterocycles. The third-order valence-electron chi connectivity index (χ3n) is 2.78. The van der Waals surface area contributed by atoms with Crippen LogP contribution >= 0.6 is 63.0 Å². The van der Waals surface area contributed by atoms with Gasteiger partial charge in [-0.05, 0) is 64.5 Å². The van der Waals surface area contributed by atoms with Crippen molar-refractivity contribution in [1.29, 1.82) is 0 Å². The fraction of sp³-hybridized carbons (Fsp3) is 0.143. The predicted molar refractivity (Wildman–Crippen MR) is 104 cm³/mol. The van der Waals surface area contributed by atoms with Crippen molar-refractivity contribution in [3.8, 4) is 0 Å². The van der Waals surface area contributed by atoms with Gasteiger partial charge in [-0.1, -0.05) is 34.8 Å². The number of carbonyl (C=O) groups is 1. The highest BCUT2D eigenvalue weighted by Gasteiger charge is 2.35. The van der Waals surface area contributed by atoms with Gasteiger partial charge >= 0.3 is 0 Å². The molecule has 1 amide bonds. The lowest BCUT2D eigenvalue weighted by Crippen LogP contribution is -2.56. The summed E-state index contributed by atoms with van der Waals surface area (Å²) in [6.07, 6.45) is -1.16. The zero-order valence-electron chi connectivity index (χ0n) is 12.2. The summed E-state index contributed by atoms with van der Waals surface area (Å²) in [6.45, 7) is 0. The molecule has 1 heterocycles. The lowest BCUT2D eigenvalue weighted by molar-refractivity contribution is 0.0905. The minimum atomic E-state index is -1.91. The second-order valence-corrected chi connectivity index (χ2v) is 8.22. The van der Waals surface area contributed by atoms with Gasteiger partial charge < -0.3 is 20.4 Å². The molecule has 2 rings (SSSR count). The molecule has 0 fully saturated rings. The fourth-order valence-corrected chi connectivity index (χ4v) is 2.54. The Labute approximate surface area is 171 Å². The Balaban J connectivity index is 2.03. The van der Waals surface area contributed by atoms with Crippen LogP contribution in [-0.2, 0) is 0 Å². The minimum absolute atomic E-state index is 0.0188. The molecule has 1 aromatic carbocycles. The number of alkyl halides is 3. The van der Waals surface area contributed by atoms with Crippen LogP contribution in [0.5, 0.6) is 0 Å². The number of furan rings is 1. The molecule has 1 atom stereocenters. The molecule has 2 aromatic rings. The van der Waals surface area contributed by atoms with E-state index in [1.807, 2.05) is 0 Å². The average molecular weight is 490 g/mol. The Morgan fingerprint density at radius 2 is 1.80 bits per heavy atom. The zero-order valence-corrected chi connectivity index (χ0v) is 16.8. The first-order valence-electron chi connectivity index (χ1n) is 6.61. The highest BCUT2D eigenvalue weighted by molar-refractivity contribution is 9.10. The van der Waals surface area contributed by atoms with Gasteiger partial charge in [-0.2, -0.15) is 0 Å². The third kappa shape index (κ3) is 6.31. The summed E-state index contributed by atoms with van der Waals surface area (Å²) in [5, 5.41) is 7.98. The van der Waals surface area contributed by atoms with Crippen LogP contribution in [0.15, 0.2) is 45.5 Å². The molecule has 0 aliphatic carbocycles. The van der Waals surface area contributed by atoms with E-state index < -0.39 is 15.9 Å². The van der Waals surface area contributed by atoms with Crippen molar-refractivity contribution in [2.24, 2.45) is 0 Å². The topological polar surface area (TPSA) is 66.3 Å². The number of hydrogen-bond donors (Lipinski definition) is 3. The molecule has 5 nitrogen and oxygen atoms in total. The van der Waals surface area contributed by atoms with Crippen LogP contribution < -0.4 is 16.0 Å². The van der Waals surface area contributed by atoms with Crippen molar-refractivity contribution >= 4 is 79.7 Å². The zero-order chi connectivity index (χ0) is 18.6. The normalized spacial score (nSPS) is 12.4. The SMILES string of the molecule is O=C(N[C@H](NC(=S)Nc1ccc(F)cc1)C(Cl)(Cl)Cl)c1ccc(Br)o1. The number of benzene rings is 1. The summed E-state index contributed by atoms with van der Waals surface area (Å²) in [4.78, 5) is 12.1. The Morgan fingerprint density at radius 1 is 1.16 bits per heavy atom. The van der Waals surface area contributed by atoms with Crippen molar-refractivity contribution in [2.45, 2.75) is 9.96 Å². The largest absolute Gasteiger partial charge is 0.444 e. The lowest BCUT2D eigenvalue weighted by Gasteiger charge is -2.27. The maximum atomic E-state index is 12.9. The molecule has 0 spiro atoms. The number of rotatable bonds is 4. The van der Waals surface area contributed by atoms with Crippen molar-refractivity contribution in [1.82, 2.24) is 10.6 Å². The van der Waals surface area contributed by atoms with E-state index >= 15 is 0 Å². The number of amides is 1. The van der Waals surface area contributed by atoms with E-state index in [4.69, 9.17) is 51.4 Å². The number of nitrogens with one attached hydrogen (secondary N) is 3. The summed E-state index contributed by atoms with van der Waals surface area (Å²) in [5.74, 6) is -0.982. The number of thiocarbonyl (C=S) groups is 1. The van der Waals surface area contributed by atoms with Gasteiger partial charge in [-0.15, -0.1) is 0 Å². The van der Waals surface area contributed by atoms with E-state index in [1.165, 1.54) is 30.3 Å². The van der Waals surface area contributed by atoms with Gasteiger partial charge in [0, 0.05) is 5.69 Å². The fourth-order valence-electron chi connectivity index (χ4n) is 1.67. The van der Waals surface area contributed by atoms with Gasteiger partial charge in [0.25, 0.3) is 5.91 Å². The molecular formula is C14H10BrCl3FN3O2S. The van der Waals surface area contributed by atoms with Crippen molar-refractivity contribution in [2.75, 3.05) is 5.32 Å². The summed E-state index contributed by atoms with van der Waals surface area (Å²) < 4.78 is 16.5. The van der Waals surface area contributed by atoms with E-state index in [2.05, 4.69) is 31.9 Å². The Kier molecular flexibility index (Phi) is 6.93. The van der Waals surface area contributed by atoms with Crippen LogP contribution in [0.4, 0.5) is 10.1 Å². The van der Waals surface area contributed by atoms with Gasteiger partial charge in [-0.3, -0.25) is 4.79 Å². The van der Waals surface area contributed by atoms with E-state index in [0.717, 1.165) is 0 Å². The molecule has 1 aromatic heterocycles. The van der Waals surface area contributed by atoms with Gasteiger partial charge in [0.15, 0.2) is 15.5 Å². The van der Waals surface area contributed by atoms with Gasteiger partial charge in [0.1, 0.15) is 12.0 Å². The molecule has 0 saturated carbocycles. The molecule has 0 radical (unpaired) electrons. The molecule has 0 bridgehead atoms. The van der Waals surface area contributed by atoms with Crippen molar-refractivity contribution < 1.29 is 13.6 Å². The number of anilines is 1. The van der Waals surface area contributed by atoms with Crippen LogP contribution in [0, 0.1) is 5.82 Å². The van der Waals surface area contributed by atoms with Crippen LogP contribution in [0.3, 0.4) is 0 Å². The Hall–Kier alpha value is -1.06. The highest BCUT2D eigenvalue weighted by atomic mass is 79.9. The summed E-state index contributed by atoms with van der Waals surface area (Å²) in [6, 6.07) is 8.47. The van der Waals surface area contributed by atoms with Crippen LogP contribution in [0.2, 0.25) is 0 Å². The Bertz CT molecular complexity index is 767. The van der Waals surface area contributed by atoms with E-state index in [-0.39, 0.29) is 16.7 Å². The number of halogens is 5. The standard InChI is InChI=1S/C14H10BrCl3FN3O2S/c15-10-6-5-9(24-10)11(23)21-12(14(16,17)18)22-13(25)20-8-3-1-7(19)2-4-8/h1-6,12H,(H,21,23)(H2,20,22,25)/t12-/m1/s1. The maximum absolute atomic E-state index is 12.9. The van der Waals surface area contributed by atoms with Crippen LogP contribution in [0.25, 0.3) is 0 Å². The second kappa shape index (κ2) is 8.55. The molecular weight excluding hydrogens is 480 g/mol. The smallest absolute Gasteiger partial charge is 0.288 e. The Morgan fingerprint density at radius 3 is 2.32 bits per heavy atom. The summed E-state index contributed by atoms with van der Waals surface area (Å²) in [7, 11) is 0. The molecule has 0 unspecified atom stereocenters.